The van der Waals surface area contributed by atoms with Crippen LogP contribution in [0.5, 0.6) is 11.5 Å². The first-order valence-corrected chi connectivity index (χ1v) is 8.01. The molecular formula is C16H13BrClNO4. The van der Waals surface area contributed by atoms with E-state index in [1.165, 1.54) is 0 Å². The molecule has 3 rings (SSSR count). The van der Waals surface area contributed by atoms with E-state index in [2.05, 4.69) is 20.9 Å². The van der Waals surface area contributed by atoms with Crippen molar-refractivity contribution in [3.63, 3.8) is 0 Å². The van der Waals surface area contributed by atoms with Gasteiger partial charge in [0.1, 0.15) is 11.8 Å². The van der Waals surface area contributed by atoms with Crippen molar-refractivity contribution in [2.45, 2.75) is 20.5 Å². The van der Waals surface area contributed by atoms with Gasteiger partial charge in [0.05, 0.1) is 5.56 Å². The van der Waals surface area contributed by atoms with Crippen molar-refractivity contribution in [2.75, 3.05) is 6.79 Å². The van der Waals surface area contributed by atoms with E-state index >= 15 is 0 Å². The second kappa shape index (κ2) is 6.37. The van der Waals surface area contributed by atoms with E-state index in [0.29, 0.717) is 11.5 Å². The summed E-state index contributed by atoms with van der Waals surface area (Å²) in [5.41, 5.74) is 2.55. The molecule has 1 aromatic carbocycles. The van der Waals surface area contributed by atoms with Crippen LogP contribution in [0.15, 0.2) is 22.7 Å². The van der Waals surface area contributed by atoms with Gasteiger partial charge >= 0.3 is 5.97 Å². The minimum atomic E-state index is -0.510. The number of aromatic nitrogens is 1. The van der Waals surface area contributed by atoms with E-state index in [1.54, 1.807) is 25.1 Å². The summed E-state index contributed by atoms with van der Waals surface area (Å²) >= 11 is 9.49. The molecule has 5 nitrogen and oxygen atoms in total. The molecule has 0 N–H and O–H groups in total. The minimum Gasteiger partial charge on any atom is -0.457 e. The number of hydrogen-bond donors (Lipinski definition) is 0. The van der Waals surface area contributed by atoms with Crippen LogP contribution in [-0.4, -0.2) is 17.7 Å². The highest BCUT2D eigenvalue weighted by molar-refractivity contribution is 9.10. The summed E-state index contributed by atoms with van der Waals surface area (Å²) in [5, 5.41) is 0.150. The van der Waals surface area contributed by atoms with Crippen molar-refractivity contribution in [1.29, 1.82) is 0 Å². The Morgan fingerprint density at radius 2 is 2.00 bits per heavy atom. The fourth-order valence-electron chi connectivity index (χ4n) is 2.32. The van der Waals surface area contributed by atoms with Gasteiger partial charge in [0.2, 0.25) is 6.79 Å². The summed E-state index contributed by atoms with van der Waals surface area (Å²) in [7, 11) is 0. The quantitative estimate of drug-likeness (QED) is 0.573. The standard InChI is InChI=1S/C16H13BrClNO4/c1-8-3-9(2)19-15(18)14(8)16(20)21-6-10-4-12-13(5-11(10)17)23-7-22-12/h3-5H,6-7H2,1-2H3. The molecule has 0 spiro atoms. The highest BCUT2D eigenvalue weighted by atomic mass is 79.9. The largest absolute Gasteiger partial charge is 0.457 e. The number of halogens is 2. The predicted molar refractivity (Wildman–Crippen MR) is 88.1 cm³/mol. The molecule has 0 radical (unpaired) electrons. The molecule has 0 atom stereocenters. The van der Waals surface area contributed by atoms with E-state index in [0.717, 1.165) is 21.3 Å². The maximum Gasteiger partial charge on any atom is 0.341 e. The first-order chi connectivity index (χ1) is 11.0. The van der Waals surface area contributed by atoms with Crippen molar-refractivity contribution in [3.05, 3.63) is 50.2 Å². The Labute approximate surface area is 146 Å². The normalized spacial score (nSPS) is 12.3. The number of aryl methyl sites for hydroxylation is 2. The zero-order chi connectivity index (χ0) is 16.6. The van der Waals surface area contributed by atoms with E-state index in [9.17, 15) is 4.79 Å². The fourth-order valence-corrected chi connectivity index (χ4v) is 3.12. The number of rotatable bonds is 3. The molecule has 0 saturated heterocycles. The topological polar surface area (TPSA) is 57.7 Å². The Bertz CT molecular complexity index is 771. The molecule has 23 heavy (non-hydrogen) atoms. The smallest absolute Gasteiger partial charge is 0.341 e. The summed E-state index contributed by atoms with van der Waals surface area (Å²) in [6.45, 7) is 3.89. The highest BCUT2D eigenvalue weighted by Crippen LogP contribution is 2.37. The van der Waals surface area contributed by atoms with Crippen LogP contribution < -0.4 is 9.47 Å². The lowest BCUT2D eigenvalue weighted by Gasteiger charge is -2.11. The van der Waals surface area contributed by atoms with Gasteiger partial charge in [0, 0.05) is 15.7 Å². The lowest BCUT2D eigenvalue weighted by molar-refractivity contribution is 0.0470. The molecule has 7 heteroatoms. The molecule has 2 aromatic rings. The number of fused-ring (bicyclic) bond motifs is 1. The molecule has 0 saturated carbocycles. The van der Waals surface area contributed by atoms with Crippen molar-refractivity contribution in [1.82, 2.24) is 4.98 Å². The first-order valence-electron chi connectivity index (χ1n) is 6.84. The van der Waals surface area contributed by atoms with Gasteiger partial charge in [-0.3, -0.25) is 0 Å². The van der Waals surface area contributed by atoms with Crippen LogP contribution in [0.25, 0.3) is 0 Å². The summed E-state index contributed by atoms with van der Waals surface area (Å²) in [6.07, 6.45) is 0. The van der Waals surface area contributed by atoms with E-state index in [4.69, 9.17) is 25.8 Å². The second-order valence-electron chi connectivity index (χ2n) is 5.12. The molecule has 1 aliphatic rings. The van der Waals surface area contributed by atoms with Crippen molar-refractivity contribution in [3.8, 4) is 11.5 Å². The van der Waals surface area contributed by atoms with Crippen LogP contribution in [0.1, 0.15) is 27.2 Å². The number of carbonyl (C=O) groups is 1. The molecule has 0 aliphatic carbocycles. The Hall–Kier alpha value is -1.79. The maximum absolute atomic E-state index is 12.3. The highest BCUT2D eigenvalue weighted by Gasteiger charge is 2.20. The Balaban J connectivity index is 1.78. The van der Waals surface area contributed by atoms with Crippen molar-refractivity contribution >= 4 is 33.5 Å². The lowest BCUT2D eigenvalue weighted by atomic mass is 10.1. The summed E-state index contributed by atoms with van der Waals surface area (Å²) < 4.78 is 16.8. The first kappa shape index (κ1) is 16.1. The lowest BCUT2D eigenvalue weighted by Crippen LogP contribution is -2.09. The molecule has 1 aliphatic heterocycles. The molecule has 0 fully saturated rings. The number of hydrogen-bond acceptors (Lipinski definition) is 5. The Morgan fingerprint density at radius 1 is 1.30 bits per heavy atom. The second-order valence-corrected chi connectivity index (χ2v) is 6.33. The molecular weight excluding hydrogens is 386 g/mol. The van der Waals surface area contributed by atoms with Crippen LogP contribution in [-0.2, 0) is 11.3 Å². The molecule has 1 aromatic heterocycles. The summed E-state index contributed by atoms with van der Waals surface area (Å²) in [6, 6.07) is 5.36. The Morgan fingerprint density at radius 3 is 2.70 bits per heavy atom. The van der Waals surface area contributed by atoms with Crippen LogP contribution in [0.4, 0.5) is 0 Å². The van der Waals surface area contributed by atoms with Crippen molar-refractivity contribution in [2.24, 2.45) is 0 Å². The average Bonchev–Trinajstić information content (AvgIpc) is 2.90. The van der Waals surface area contributed by atoms with Gasteiger partial charge in [-0.25, -0.2) is 9.78 Å². The van der Waals surface area contributed by atoms with Gasteiger partial charge in [-0.05, 0) is 37.6 Å². The Kier molecular flexibility index (Phi) is 4.46. The third kappa shape index (κ3) is 3.28. The SMILES string of the molecule is Cc1cc(C)c(C(=O)OCc2cc3c(cc2Br)OCO3)c(Cl)n1. The minimum absolute atomic E-state index is 0.0830. The summed E-state index contributed by atoms with van der Waals surface area (Å²) in [4.78, 5) is 16.4. The van der Waals surface area contributed by atoms with Crippen LogP contribution in [0.2, 0.25) is 5.15 Å². The number of benzene rings is 1. The average molecular weight is 399 g/mol. The molecule has 120 valence electrons. The van der Waals surface area contributed by atoms with Crippen LogP contribution in [0, 0.1) is 13.8 Å². The summed E-state index contributed by atoms with van der Waals surface area (Å²) in [5.74, 6) is 0.781. The maximum atomic E-state index is 12.3. The van der Waals surface area contributed by atoms with E-state index < -0.39 is 5.97 Å². The monoisotopic (exact) mass is 397 g/mol. The number of carbonyl (C=O) groups excluding carboxylic acids is 1. The molecule has 0 unspecified atom stereocenters. The number of esters is 1. The third-order valence-electron chi connectivity index (χ3n) is 3.41. The third-order valence-corrected chi connectivity index (χ3v) is 4.42. The number of nitrogens with zero attached hydrogens (tertiary/aromatic N) is 1. The van der Waals surface area contributed by atoms with Gasteiger partial charge in [-0.15, -0.1) is 0 Å². The van der Waals surface area contributed by atoms with Gasteiger partial charge in [0.15, 0.2) is 11.5 Å². The van der Waals surface area contributed by atoms with Crippen LogP contribution >= 0.6 is 27.5 Å². The zero-order valence-electron chi connectivity index (χ0n) is 12.5. The number of ether oxygens (including phenoxy) is 3. The van der Waals surface area contributed by atoms with Gasteiger partial charge < -0.3 is 14.2 Å². The predicted octanol–water partition coefficient (Wildman–Crippen LogP) is 4.20. The zero-order valence-corrected chi connectivity index (χ0v) is 14.8. The van der Waals surface area contributed by atoms with E-state index in [1.807, 2.05) is 6.92 Å². The van der Waals surface area contributed by atoms with Crippen molar-refractivity contribution < 1.29 is 19.0 Å². The van der Waals surface area contributed by atoms with Gasteiger partial charge in [-0.1, -0.05) is 27.5 Å². The molecule has 0 bridgehead atoms. The van der Waals surface area contributed by atoms with Crippen LogP contribution in [0.3, 0.4) is 0 Å². The van der Waals surface area contributed by atoms with Gasteiger partial charge in [0.25, 0.3) is 0 Å². The molecule has 0 amide bonds. The fraction of sp³-hybridized carbons (Fsp3) is 0.250. The number of pyridine rings is 1. The molecule has 2 heterocycles. The van der Waals surface area contributed by atoms with E-state index in [-0.39, 0.29) is 24.1 Å². The van der Waals surface area contributed by atoms with Gasteiger partial charge in [-0.2, -0.15) is 0 Å².